The molecule has 1 aromatic heterocycles. The zero-order valence-corrected chi connectivity index (χ0v) is 24.3. The molecule has 2 amide bonds. The number of rotatable bonds is 15. The Balaban J connectivity index is 1.50. The van der Waals surface area contributed by atoms with E-state index in [4.69, 9.17) is 9.47 Å². The second-order valence-electron chi connectivity index (χ2n) is 11.5. The molecule has 11 nitrogen and oxygen atoms in total. The van der Waals surface area contributed by atoms with Crippen LogP contribution in [0.3, 0.4) is 0 Å². The van der Waals surface area contributed by atoms with E-state index in [-0.39, 0.29) is 44.8 Å². The number of ether oxygens (including phenoxy) is 2. The lowest BCUT2D eigenvalue weighted by atomic mass is 9.65. The molecular formula is C31H41N5O6. The van der Waals surface area contributed by atoms with Crippen molar-refractivity contribution in [3.05, 3.63) is 49.6 Å². The summed E-state index contributed by atoms with van der Waals surface area (Å²) in [6, 6.07) is 6.57. The van der Waals surface area contributed by atoms with E-state index >= 15 is 0 Å². The van der Waals surface area contributed by atoms with Gasteiger partial charge in [0, 0.05) is 19.7 Å². The molecule has 0 saturated carbocycles. The number of amides is 2. The highest BCUT2D eigenvalue weighted by atomic mass is 16.6. The average molecular weight is 580 g/mol. The van der Waals surface area contributed by atoms with E-state index in [1.165, 1.54) is 0 Å². The predicted molar refractivity (Wildman–Crippen MR) is 155 cm³/mol. The van der Waals surface area contributed by atoms with E-state index in [9.17, 15) is 19.5 Å². The molecule has 0 radical (unpaired) electrons. The molecule has 3 fully saturated rings. The first-order valence-corrected chi connectivity index (χ1v) is 14.9. The summed E-state index contributed by atoms with van der Waals surface area (Å²) in [7, 11) is 0. The lowest BCUT2D eigenvalue weighted by molar-refractivity contribution is -0.162. The van der Waals surface area contributed by atoms with Gasteiger partial charge in [-0.25, -0.2) is 4.68 Å². The molecule has 3 saturated heterocycles. The first-order valence-electron chi connectivity index (χ1n) is 14.9. The number of hydrogen-bond donors (Lipinski definition) is 1. The Morgan fingerprint density at radius 1 is 1.21 bits per heavy atom. The van der Waals surface area contributed by atoms with E-state index in [0.717, 1.165) is 11.9 Å². The number of aliphatic hydroxyl groups is 1. The predicted octanol–water partition coefficient (Wildman–Crippen LogP) is 2.84. The molecule has 2 bridgehead atoms. The molecule has 1 spiro atoms. The zero-order chi connectivity index (χ0) is 29.9. The van der Waals surface area contributed by atoms with Crippen LogP contribution in [0.25, 0.3) is 11.0 Å². The molecule has 3 aliphatic heterocycles. The Hall–Kier alpha value is -3.57. The highest BCUT2D eigenvalue weighted by Gasteiger charge is 2.79. The number of carbonyl (C=O) groups excluding carboxylic acids is 3. The van der Waals surface area contributed by atoms with Crippen molar-refractivity contribution in [2.24, 2.45) is 11.8 Å². The van der Waals surface area contributed by atoms with Crippen molar-refractivity contribution in [3.8, 4) is 0 Å². The molecule has 42 heavy (non-hydrogen) atoms. The Morgan fingerprint density at radius 2 is 2.02 bits per heavy atom. The first kappa shape index (κ1) is 29.9. The van der Waals surface area contributed by atoms with Gasteiger partial charge in [0.1, 0.15) is 29.7 Å². The zero-order valence-electron chi connectivity index (χ0n) is 24.3. The van der Waals surface area contributed by atoms with Gasteiger partial charge in [0.25, 0.3) is 0 Å². The highest BCUT2D eigenvalue weighted by molar-refractivity contribution is 5.98. The third-order valence-corrected chi connectivity index (χ3v) is 9.16. The second-order valence-corrected chi connectivity index (χ2v) is 11.5. The van der Waals surface area contributed by atoms with Crippen LogP contribution >= 0.6 is 0 Å². The fourth-order valence-corrected chi connectivity index (χ4v) is 7.21. The minimum absolute atomic E-state index is 0.0215. The summed E-state index contributed by atoms with van der Waals surface area (Å²) in [5.74, 6) is -2.61. The quantitative estimate of drug-likeness (QED) is 0.194. The van der Waals surface area contributed by atoms with Crippen LogP contribution in [0, 0.1) is 11.8 Å². The van der Waals surface area contributed by atoms with E-state index < -0.39 is 35.0 Å². The van der Waals surface area contributed by atoms with Crippen LogP contribution in [-0.2, 0) is 30.5 Å². The smallest absolute Gasteiger partial charge is 0.312 e. The molecule has 0 aliphatic carbocycles. The molecule has 5 rings (SSSR count). The third kappa shape index (κ3) is 4.92. The van der Waals surface area contributed by atoms with Crippen LogP contribution in [-0.4, -0.2) is 91.2 Å². The number of likely N-dealkylation sites (tertiary alicyclic amines) is 1. The molecule has 2 aromatic rings. The maximum Gasteiger partial charge on any atom is 0.312 e. The summed E-state index contributed by atoms with van der Waals surface area (Å²) in [5, 5.41) is 17.9. The number of aromatic nitrogens is 3. The van der Waals surface area contributed by atoms with Crippen LogP contribution in [0.4, 0.5) is 0 Å². The molecule has 11 heteroatoms. The van der Waals surface area contributed by atoms with Crippen molar-refractivity contribution in [1.29, 1.82) is 0 Å². The van der Waals surface area contributed by atoms with Crippen LogP contribution < -0.4 is 0 Å². The largest absolute Gasteiger partial charge is 0.465 e. The fourth-order valence-electron chi connectivity index (χ4n) is 7.21. The normalized spacial score (nSPS) is 27.8. The van der Waals surface area contributed by atoms with Gasteiger partial charge in [-0.3, -0.25) is 14.4 Å². The Labute approximate surface area is 246 Å². The first-order chi connectivity index (χ1) is 20.4. The maximum absolute atomic E-state index is 14.6. The summed E-state index contributed by atoms with van der Waals surface area (Å²) >= 11 is 0. The number of aliphatic hydroxyl groups excluding tert-OH is 1. The van der Waals surface area contributed by atoms with Crippen molar-refractivity contribution in [1.82, 2.24) is 24.8 Å². The number of benzene rings is 1. The monoisotopic (exact) mass is 579 g/mol. The van der Waals surface area contributed by atoms with Gasteiger partial charge in [-0.05, 0) is 57.1 Å². The number of carbonyl (C=O) groups is 3. The molecule has 4 heterocycles. The van der Waals surface area contributed by atoms with Crippen molar-refractivity contribution in [2.45, 2.75) is 75.8 Å². The third-order valence-electron chi connectivity index (χ3n) is 9.16. The standard InChI is InChI=1S/C31H41N5O6/c1-4-7-12-20-41-29(40)25-24-27(38)35(18-10-11-19-37)26(31(24)16-15-30(25,6-3)42-31)28(39)34(17-5-2)21-36-23-14-9-8-13-22(23)32-33-36/h4-5,8-9,13-14,24-26,37H,1-2,6-7,10-12,15-21H2,3H3/t24-,25+,26?,30-,31?/m0/s1. The molecule has 1 N–H and O–H groups in total. The topological polar surface area (TPSA) is 127 Å². The number of unbranched alkanes of at least 4 members (excludes halogenated alkanes) is 2. The van der Waals surface area contributed by atoms with Gasteiger partial charge in [-0.2, -0.15) is 0 Å². The van der Waals surface area contributed by atoms with Crippen LogP contribution in [0.15, 0.2) is 49.6 Å². The van der Waals surface area contributed by atoms with Crippen molar-refractivity contribution in [3.63, 3.8) is 0 Å². The van der Waals surface area contributed by atoms with E-state index in [2.05, 4.69) is 23.5 Å². The SMILES string of the molecule is C=CCCCOC(=O)[C@H]1[C@H]2C(=O)N(CCCCO)C(C(=O)N(CC=C)Cn3nnc4ccccc43)C23CC[C@]1(CC)O3. The van der Waals surface area contributed by atoms with Gasteiger partial charge in [0.05, 0.1) is 23.6 Å². The van der Waals surface area contributed by atoms with Gasteiger partial charge < -0.3 is 24.4 Å². The minimum atomic E-state index is -1.15. The summed E-state index contributed by atoms with van der Waals surface area (Å²) in [4.78, 5) is 45.6. The molecule has 5 atom stereocenters. The lowest BCUT2D eigenvalue weighted by Crippen LogP contribution is -2.56. The van der Waals surface area contributed by atoms with Gasteiger partial charge in [-0.15, -0.1) is 18.3 Å². The van der Waals surface area contributed by atoms with Crippen LogP contribution in [0.2, 0.25) is 0 Å². The number of fused-ring (bicyclic) bond motifs is 2. The van der Waals surface area contributed by atoms with Crippen LogP contribution in [0.1, 0.15) is 51.9 Å². The number of nitrogens with zero attached hydrogens (tertiary/aromatic N) is 5. The number of hydrogen-bond acceptors (Lipinski definition) is 8. The second kappa shape index (κ2) is 12.3. The van der Waals surface area contributed by atoms with Crippen molar-refractivity contribution in [2.75, 3.05) is 26.3 Å². The summed E-state index contributed by atoms with van der Waals surface area (Å²) in [5.41, 5.74) is -0.532. The summed E-state index contributed by atoms with van der Waals surface area (Å²) in [6.07, 6.45) is 7.35. The number of allylic oxidation sites excluding steroid dienone is 1. The van der Waals surface area contributed by atoms with Crippen LogP contribution in [0.5, 0.6) is 0 Å². The van der Waals surface area contributed by atoms with Gasteiger partial charge in [0.2, 0.25) is 11.8 Å². The molecule has 3 aliphatic rings. The van der Waals surface area contributed by atoms with E-state index in [1.807, 2.05) is 31.2 Å². The molecule has 1 aromatic carbocycles. The Kier molecular flexibility index (Phi) is 8.79. The van der Waals surface area contributed by atoms with E-state index in [1.54, 1.807) is 26.6 Å². The highest BCUT2D eigenvalue weighted by Crippen LogP contribution is 2.64. The van der Waals surface area contributed by atoms with Gasteiger partial charge in [0.15, 0.2) is 0 Å². The maximum atomic E-state index is 14.6. The number of para-hydroxylation sites is 1. The summed E-state index contributed by atoms with van der Waals surface area (Å²) in [6.45, 7) is 10.3. The molecule has 226 valence electrons. The lowest BCUT2D eigenvalue weighted by Gasteiger charge is -2.36. The Bertz CT molecular complexity index is 1340. The average Bonchev–Trinajstić information content (AvgIpc) is 3.72. The van der Waals surface area contributed by atoms with Gasteiger partial charge in [-0.1, -0.05) is 36.4 Å². The fraction of sp³-hybridized carbons (Fsp3) is 0.581. The van der Waals surface area contributed by atoms with E-state index in [0.29, 0.717) is 44.0 Å². The minimum Gasteiger partial charge on any atom is -0.465 e. The number of esters is 1. The molecular weight excluding hydrogens is 538 g/mol. The van der Waals surface area contributed by atoms with Crippen molar-refractivity contribution < 1.29 is 29.0 Å². The van der Waals surface area contributed by atoms with Gasteiger partial charge >= 0.3 is 5.97 Å². The summed E-state index contributed by atoms with van der Waals surface area (Å²) < 4.78 is 14.2. The molecule has 2 unspecified atom stereocenters. The van der Waals surface area contributed by atoms with Crippen molar-refractivity contribution >= 4 is 28.8 Å². The Morgan fingerprint density at radius 3 is 2.76 bits per heavy atom.